The molecule has 0 spiro atoms. The van der Waals surface area contributed by atoms with Gasteiger partial charge in [-0.25, -0.2) is 4.68 Å². The molecular formula is C12H21N3OS. The molecule has 1 aromatic heterocycles. The molecule has 96 valence electrons. The molecule has 17 heavy (non-hydrogen) atoms. The van der Waals surface area contributed by atoms with Crippen LogP contribution in [0, 0.1) is 5.92 Å². The van der Waals surface area contributed by atoms with Gasteiger partial charge < -0.3 is 4.90 Å². The molecule has 0 N–H and O–H groups in total. The van der Waals surface area contributed by atoms with Crippen LogP contribution in [0.3, 0.4) is 0 Å². The highest BCUT2D eigenvalue weighted by Crippen LogP contribution is 2.09. The van der Waals surface area contributed by atoms with Gasteiger partial charge in [-0.2, -0.15) is 17.7 Å². The van der Waals surface area contributed by atoms with Crippen LogP contribution in [0.1, 0.15) is 19.8 Å². The second-order valence-electron chi connectivity index (χ2n) is 4.58. The highest BCUT2D eigenvalue weighted by molar-refractivity contribution is 7.80. The van der Waals surface area contributed by atoms with Crippen LogP contribution >= 0.6 is 12.6 Å². The minimum atomic E-state index is -0.0331. The summed E-state index contributed by atoms with van der Waals surface area (Å²) in [6.07, 6.45) is 3.77. The second-order valence-corrected chi connectivity index (χ2v) is 5.02. The minimum absolute atomic E-state index is 0.0331. The lowest BCUT2D eigenvalue weighted by Gasteiger charge is -2.13. The van der Waals surface area contributed by atoms with Crippen molar-refractivity contribution < 1.29 is 0 Å². The van der Waals surface area contributed by atoms with Crippen LogP contribution in [-0.2, 0) is 6.54 Å². The van der Waals surface area contributed by atoms with Crippen LogP contribution in [0.5, 0.6) is 0 Å². The van der Waals surface area contributed by atoms with Crippen LogP contribution in [-0.4, -0.2) is 29.6 Å². The first kappa shape index (κ1) is 14.1. The molecule has 0 aliphatic carbocycles. The summed E-state index contributed by atoms with van der Waals surface area (Å²) in [6.45, 7) is 2.86. The van der Waals surface area contributed by atoms with Crippen molar-refractivity contribution in [2.45, 2.75) is 26.3 Å². The Hall–Kier alpha value is -0.970. The molecule has 0 saturated heterocycles. The van der Waals surface area contributed by atoms with Crippen molar-refractivity contribution in [1.29, 1.82) is 0 Å². The van der Waals surface area contributed by atoms with Gasteiger partial charge in [0.05, 0.1) is 11.9 Å². The van der Waals surface area contributed by atoms with Gasteiger partial charge in [-0.1, -0.05) is 6.92 Å². The van der Waals surface area contributed by atoms with Gasteiger partial charge in [0.15, 0.2) is 0 Å². The molecule has 1 heterocycles. The van der Waals surface area contributed by atoms with Crippen LogP contribution in [0.15, 0.2) is 17.1 Å². The molecule has 0 bridgehead atoms. The summed E-state index contributed by atoms with van der Waals surface area (Å²) in [5.74, 6) is 1.47. The van der Waals surface area contributed by atoms with Gasteiger partial charge in [0, 0.05) is 26.7 Å². The maximum atomic E-state index is 11.8. The maximum absolute atomic E-state index is 11.8. The predicted molar refractivity (Wildman–Crippen MR) is 75.1 cm³/mol. The lowest BCUT2D eigenvalue weighted by molar-refractivity contribution is 0.440. The van der Waals surface area contributed by atoms with E-state index in [1.165, 1.54) is 4.68 Å². The molecule has 5 heteroatoms. The lowest BCUT2D eigenvalue weighted by Crippen LogP contribution is -2.25. The zero-order valence-electron chi connectivity index (χ0n) is 10.8. The van der Waals surface area contributed by atoms with E-state index < -0.39 is 0 Å². The summed E-state index contributed by atoms with van der Waals surface area (Å²) in [7, 11) is 3.80. The van der Waals surface area contributed by atoms with Gasteiger partial charge in [-0.05, 0) is 24.5 Å². The predicted octanol–water partition coefficient (Wildman–Crippen LogP) is 1.66. The van der Waals surface area contributed by atoms with Crippen LogP contribution in [0.4, 0.5) is 5.69 Å². The Morgan fingerprint density at radius 1 is 1.47 bits per heavy atom. The minimum Gasteiger partial charge on any atom is -0.376 e. The molecule has 1 atom stereocenters. The number of nitrogens with zero attached hydrogens (tertiary/aromatic N) is 3. The molecule has 0 amide bonds. The maximum Gasteiger partial charge on any atom is 0.268 e. The monoisotopic (exact) mass is 255 g/mol. The van der Waals surface area contributed by atoms with Crippen molar-refractivity contribution in [2.75, 3.05) is 24.7 Å². The zero-order chi connectivity index (χ0) is 12.8. The average Bonchev–Trinajstić information content (AvgIpc) is 2.27. The Kier molecular flexibility index (Phi) is 5.55. The van der Waals surface area contributed by atoms with E-state index in [9.17, 15) is 4.79 Å². The van der Waals surface area contributed by atoms with E-state index in [1.54, 1.807) is 12.3 Å². The summed E-state index contributed by atoms with van der Waals surface area (Å²) >= 11 is 4.21. The Morgan fingerprint density at radius 3 is 2.71 bits per heavy atom. The summed E-state index contributed by atoms with van der Waals surface area (Å²) in [4.78, 5) is 13.7. The Labute approximate surface area is 108 Å². The number of hydrogen-bond donors (Lipinski definition) is 1. The molecular weight excluding hydrogens is 234 g/mol. The summed E-state index contributed by atoms with van der Waals surface area (Å²) in [5, 5.41) is 4.17. The Bertz CT molecular complexity index is 403. The fourth-order valence-electron chi connectivity index (χ4n) is 1.54. The quantitative estimate of drug-likeness (QED) is 0.786. The third-order valence-corrected chi connectivity index (χ3v) is 3.09. The number of anilines is 1. The van der Waals surface area contributed by atoms with Gasteiger partial charge >= 0.3 is 0 Å². The van der Waals surface area contributed by atoms with Crippen molar-refractivity contribution >= 4 is 18.3 Å². The van der Waals surface area contributed by atoms with Crippen LogP contribution in [0.25, 0.3) is 0 Å². The SMILES string of the molecule is CC(CCS)CCn1ncc(N(C)C)cc1=O. The third-order valence-electron chi connectivity index (χ3n) is 2.83. The smallest absolute Gasteiger partial charge is 0.268 e. The van der Waals surface area contributed by atoms with E-state index in [4.69, 9.17) is 0 Å². The normalized spacial score (nSPS) is 12.5. The molecule has 1 unspecified atom stereocenters. The van der Waals surface area contributed by atoms with E-state index in [2.05, 4.69) is 24.7 Å². The molecule has 4 nitrogen and oxygen atoms in total. The standard InChI is InChI=1S/C12H21N3OS/c1-10(5-7-17)4-6-15-12(16)8-11(9-13-15)14(2)3/h8-10,17H,4-7H2,1-3H3. The topological polar surface area (TPSA) is 38.1 Å². The largest absolute Gasteiger partial charge is 0.376 e. The molecule has 1 rings (SSSR count). The van der Waals surface area contributed by atoms with Gasteiger partial charge in [0.25, 0.3) is 5.56 Å². The van der Waals surface area contributed by atoms with Crippen LogP contribution in [0.2, 0.25) is 0 Å². The van der Waals surface area contributed by atoms with E-state index in [-0.39, 0.29) is 5.56 Å². The number of aromatic nitrogens is 2. The van der Waals surface area contributed by atoms with Crippen LogP contribution < -0.4 is 10.5 Å². The summed E-state index contributed by atoms with van der Waals surface area (Å²) in [6, 6.07) is 1.62. The molecule has 0 saturated carbocycles. The Morgan fingerprint density at radius 2 is 2.18 bits per heavy atom. The fourth-order valence-corrected chi connectivity index (χ4v) is 1.98. The molecule has 0 aromatic carbocycles. The highest BCUT2D eigenvalue weighted by Gasteiger charge is 2.05. The van der Waals surface area contributed by atoms with E-state index in [0.29, 0.717) is 12.5 Å². The number of aryl methyl sites for hydroxylation is 1. The molecule has 0 aliphatic rings. The molecule has 0 fully saturated rings. The van der Waals surface area contributed by atoms with Gasteiger partial charge in [-0.15, -0.1) is 0 Å². The zero-order valence-corrected chi connectivity index (χ0v) is 11.7. The molecule has 0 radical (unpaired) electrons. The number of thiol groups is 1. The number of rotatable bonds is 6. The van der Waals surface area contributed by atoms with Gasteiger partial charge in [0.2, 0.25) is 0 Å². The molecule has 0 aliphatic heterocycles. The lowest BCUT2D eigenvalue weighted by atomic mass is 10.1. The first-order valence-electron chi connectivity index (χ1n) is 5.90. The van der Waals surface area contributed by atoms with Crippen molar-refractivity contribution in [1.82, 2.24) is 9.78 Å². The number of hydrogen-bond acceptors (Lipinski definition) is 4. The fraction of sp³-hybridized carbons (Fsp3) is 0.667. The first-order chi connectivity index (χ1) is 8.04. The summed E-state index contributed by atoms with van der Waals surface area (Å²) < 4.78 is 1.53. The average molecular weight is 255 g/mol. The van der Waals surface area contributed by atoms with E-state index in [0.717, 1.165) is 24.3 Å². The summed E-state index contributed by atoms with van der Waals surface area (Å²) in [5.41, 5.74) is 0.809. The van der Waals surface area contributed by atoms with Gasteiger partial charge in [0.1, 0.15) is 0 Å². The van der Waals surface area contributed by atoms with E-state index >= 15 is 0 Å². The second kappa shape index (κ2) is 6.69. The Balaban J connectivity index is 2.64. The third kappa shape index (κ3) is 4.42. The van der Waals surface area contributed by atoms with Crippen molar-refractivity contribution in [2.24, 2.45) is 5.92 Å². The van der Waals surface area contributed by atoms with Crippen molar-refractivity contribution in [3.63, 3.8) is 0 Å². The van der Waals surface area contributed by atoms with E-state index in [1.807, 2.05) is 19.0 Å². The first-order valence-corrected chi connectivity index (χ1v) is 6.53. The van der Waals surface area contributed by atoms with Crippen molar-refractivity contribution in [3.8, 4) is 0 Å². The molecule has 1 aromatic rings. The highest BCUT2D eigenvalue weighted by atomic mass is 32.1. The van der Waals surface area contributed by atoms with Crippen molar-refractivity contribution in [3.05, 3.63) is 22.6 Å². The van der Waals surface area contributed by atoms with Gasteiger partial charge in [-0.3, -0.25) is 4.79 Å².